The molecule has 0 spiro atoms. The summed E-state index contributed by atoms with van der Waals surface area (Å²) < 4.78 is 0. The van der Waals surface area contributed by atoms with Crippen molar-refractivity contribution >= 4 is 46.1 Å². The fraction of sp³-hybridized carbons (Fsp3) is 0.0769. The Balaban J connectivity index is 2.30. The van der Waals surface area contributed by atoms with Gasteiger partial charge in [-0.3, -0.25) is 4.79 Å². The monoisotopic (exact) mass is 280 g/mol. The number of nitrogens with zero attached hydrogens (tertiary/aromatic N) is 1. The van der Waals surface area contributed by atoms with E-state index in [1.54, 1.807) is 0 Å². The standard InChI is InChI=1S/C13H10Cl2N2O/c1-16-8-2-4-9(5-3-8)17-10-6-11(14)13(18)12(15)7-10/h2-7,16H,1H3. The Morgan fingerprint density at radius 2 is 1.61 bits per heavy atom. The van der Waals surface area contributed by atoms with Crippen LogP contribution in [0.4, 0.5) is 11.4 Å². The average Bonchev–Trinajstić information content (AvgIpc) is 2.37. The third-order valence-corrected chi connectivity index (χ3v) is 2.96. The van der Waals surface area contributed by atoms with Gasteiger partial charge in [-0.1, -0.05) is 23.2 Å². The van der Waals surface area contributed by atoms with Gasteiger partial charge >= 0.3 is 0 Å². The number of benzene rings is 1. The Labute approximate surface area is 115 Å². The van der Waals surface area contributed by atoms with Gasteiger partial charge < -0.3 is 5.32 Å². The molecule has 2 rings (SSSR count). The van der Waals surface area contributed by atoms with E-state index in [0.29, 0.717) is 5.71 Å². The number of halogens is 2. The van der Waals surface area contributed by atoms with Crippen molar-refractivity contribution < 1.29 is 4.79 Å². The minimum atomic E-state index is -0.372. The summed E-state index contributed by atoms with van der Waals surface area (Å²) in [5.74, 6) is -0.372. The molecule has 1 aromatic rings. The highest BCUT2D eigenvalue weighted by Crippen LogP contribution is 2.22. The summed E-state index contributed by atoms with van der Waals surface area (Å²) in [6, 6.07) is 7.53. The molecule has 1 aliphatic carbocycles. The van der Waals surface area contributed by atoms with E-state index in [2.05, 4.69) is 10.3 Å². The zero-order valence-electron chi connectivity index (χ0n) is 9.58. The maximum atomic E-state index is 11.3. The summed E-state index contributed by atoms with van der Waals surface area (Å²) in [6.07, 6.45) is 3.00. The highest BCUT2D eigenvalue weighted by Gasteiger charge is 2.17. The maximum Gasteiger partial charge on any atom is 0.215 e. The van der Waals surface area contributed by atoms with Crippen molar-refractivity contribution in [3.63, 3.8) is 0 Å². The molecule has 0 aliphatic heterocycles. The van der Waals surface area contributed by atoms with E-state index in [1.165, 1.54) is 12.2 Å². The van der Waals surface area contributed by atoms with Gasteiger partial charge in [-0.2, -0.15) is 0 Å². The van der Waals surface area contributed by atoms with Crippen LogP contribution in [0.1, 0.15) is 0 Å². The first kappa shape index (κ1) is 12.9. The Morgan fingerprint density at radius 1 is 1.06 bits per heavy atom. The zero-order chi connectivity index (χ0) is 13.1. The third kappa shape index (κ3) is 2.81. The van der Waals surface area contributed by atoms with Gasteiger partial charge in [0.25, 0.3) is 0 Å². The van der Waals surface area contributed by atoms with Crippen LogP contribution in [-0.2, 0) is 4.79 Å². The van der Waals surface area contributed by atoms with Crippen molar-refractivity contribution in [3.8, 4) is 0 Å². The van der Waals surface area contributed by atoms with Gasteiger partial charge in [0.1, 0.15) is 0 Å². The highest BCUT2D eigenvalue weighted by molar-refractivity contribution is 6.57. The molecule has 0 fully saturated rings. The molecule has 1 aliphatic rings. The van der Waals surface area contributed by atoms with Crippen molar-refractivity contribution in [3.05, 3.63) is 46.5 Å². The fourth-order valence-corrected chi connectivity index (χ4v) is 1.94. The summed E-state index contributed by atoms with van der Waals surface area (Å²) >= 11 is 11.5. The Morgan fingerprint density at radius 3 is 2.11 bits per heavy atom. The van der Waals surface area contributed by atoms with Crippen LogP contribution in [-0.4, -0.2) is 18.5 Å². The molecular formula is C13H10Cl2N2O. The summed E-state index contributed by atoms with van der Waals surface area (Å²) in [5.41, 5.74) is 2.32. The summed E-state index contributed by atoms with van der Waals surface area (Å²) in [7, 11) is 1.85. The van der Waals surface area contributed by atoms with Crippen LogP contribution in [0.5, 0.6) is 0 Å². The smallest absolute Gasteiger partial charge is 0.215 e. The van der Waals surface area contributed by atoms with Gasteiger partial charge in [-0.25, -0.2) is 4.99 Å². The molecule has 3 nitrogen and oxygen atoms in total. The molecule has 0 amide bonds. The molecule has 1 N–H and O–H groups in total. The number of rotatable bonds is 2. The van der Waals surface area contributed by atoms with Gasteiger partial charge in [0.2, 0.25) is 5.78 Å². The molecule has 0 saturated heterocycles. The molecule has 5 heteroatoms. The van der Waals surface area contributed by atoms with Crippen molar-refractivity contribution in [2.24, 2.45) is 4.99 Å². The molecule has 18 heavy (non-hydrogen) atoms. The largest absolute Gasteiger partial charge is 0.388 e. The summed E-state index contributed by atoms with van der Waals surface area (Å²) in [6.45, 7) is 0. The second kappa shape index (κ2) is 5.38. The molecule has 0 radical (unpaired) electrons. The molecule has 1 aromatic carbocycles. The zero-order valence-corrected chi connectivity index (χ0v) is 11.1. The minimum Gasteiger partial charge on any atom is -0.388 e. The number of aliphatic imine (C=N–C) groups is 1. The number of carbonyl (C=O) groups excluding carboxylic acids is 1. The topological polar surface area (TPSA) is 41.5 Å². The molecule has 0 bridgehead atoms. The van der Waals surface area contributed by atoms with Crippen LogP contribution < -0.4 is 5.32 Å². The average molecular weight is 281 g/mol. The normalized spacial score (nSPS) is 15.1. The number of hydrogen-bond donors (Lipinski definition) is 1. The van der Waals surface area contributed by atoms with Gasteiger partial charge in [-0.05, 0) is 36.4 Å². The van der Waals surface area contributed by atoms with Crippen LogP contribution in [0.15, 0.2) is 51.5 Å². The van der Waals surface area contributed by atoms with Crippen LogP contribution in [0.3, 0.4) is 0 Å². The van der Waals surface area contributed by atoms with Gasteiger partial charge in [-0.15, -0.1) is 0 Å². The van der Waals surface area contributed by atoms with Crippen molar-refractivity contribution in [2.75, 3.05) is 12.4 Å². The second-order valence-corrected chi connectivity index (χ2v) is 4.46. The Bertz CT molecular complexity index is 547. The van der Waals surface area contributed by atoms with E-state index in [0.717, 1.165) is 11.4 Å². The van der Waals surface area contributed by atoms with Gasteiger partial charge in [0, 0.05) is 12.7 Å². The van der Waals surface area contributed by atoms with E-state index < -0.39 is 0 Å². The van der Waals surface area contributed by atoms with Gasteiger partial charge in [0.15, 0.2) is 0 Å². The summed E-state index contributed by atoms with van der Waals surface area (Å²) in [5, 5.41) is 3.17. The number of hydrogen-bond acceptors (Lipinski definition) is 3. The summed E-state index contributed by atoms with van der Waals surface area (Å²) in [4.78, 5) is 15.7. The minimum absolute atomic E-state index is 0.0769. The van der Waals surface area contributed by atoms with Crippen molar-refractivity contribution in [2.45, 2.75) is 0 Å². The predicted molar refractivity (Wildman–Crippen MR) is 76.0 cm³/mol. The van der Waals surface area contributed by atoms with Crippen LogP contribution in [0, 0.1) is 0 Å². The van der Waals surface area contributed by atoms with Crippen molar-refractivity contribution in [1.82, 2.24) is 0 Å². The number of nitrogens with one attached hydrogen (secondary N) is 1. The lowest BCUT2D eigenvalue weighted by Crippen LogP contribution is -2.07. The second-order valence-electron chi connectivity index (χ2n) is 3.65. The van der Waals surface area contributed by atoms with Crippen molar-refractivity contribution in [1.29, 1.82) is 0 Å². The number of Topliss-reactive ketones (excluding diaryl/α,β-unsaturated/α-hetero) is 1. The molecule has 0 saturated carbocycles. The number of allylic oxidation sites excluding steroid dienone is 4. The molecule has 0 aromatic heterocycles. The number of anilines is 1. The fourth-order valence-electron chi connectivity index (χ4n) is 1.46. The molecule has 0 atom stereocenters. The predicted octanol–water partition coefficient (Wildman–Crippen LogP) is 3.63. The Kier molecular flexibility index (Phi) is 3.84. The van der Waals surface area contributed by atoms with E-state index >= 15 is 0 Å². The van der Waals surface area contributed by atoms with Gasteiger partial charge in [0.05, 0.1) is 21.5 Å². The van der Waals surface area contributed by atoms with E-state index in [1.807, 2.05) is 31.3 Å². The third-order valence-electron chi connectivity index (χ3n) is 2.40. The first-order chi connectivity index (χ1) is 8.60. The Hall–Kier alpha value is -1.58. The van der Waals surface area contributed by atoms with E-state index in [-0.39, 0.29) is 15.8 Å². The highest BCUT2D eigenvalue weighted by atomic mass is 35.5. The quantitative estimate of drug-likeness (QED) is 0.841. The first-order valence-corrected chi connectivity index (χ1v) is 6.01. The number of carbonyl (C=O) groups is 1. The maximum absolute atomic E-state index is 11.3. The molecular weight excluding hydrogens is 271 g/mol. The lowest BCUT2D eigenvalue weighted by molar-refractivity contribution is -0.111. The van der Waals surface area contributed by atoms with Crippen LogP contribution in [0.25, 0.3) is 0 Å². The SMILES string of the molecule is CNc1ccc(N=C2C=C(Cl)C(=O)C(Cl)=C2)cc1. The molecule has 0 heterocycles. The van der Waals surface area contributed by atoms with E-state index in [4.69, 9.17) is 23.2 Å². The lowest BCUT2D eigenvalue weighted by atomic mass is 10.1. The van der Waals surface area contributed by atoms with Crippen LogP contribution in [0.2, 0.25) is 0 Å². The van der Waals surface area contributed by atoms with E-state index in [9.17, 15) is 4.79 Å². The number of ketones is 1. The first-order valence-electron chi connectivity index (χ1n) is 5.26. The molecule has 92 valence electrons. The molecule has 0 unspecified atom stereocenters. The van der Waals surface area contributed by atoms with Crippen LogP contribution >= 0.6 is 23.2 Å². The lowest BCUT2D eigenvalue weighted by Gasteiger charge is -2.06.